The standard InChI is InChI=1S/C7H10N2O5S2/c1-4-8-2-6(15-4)16(13,14)9-5(3-10)7(11)12/h2,5,9-10H,3H2,1H3,(H,11,12). The quantitative estimate of drug-likeness (QED) is 0.641. The van der Waals surface area contributed by atoms with Crippen LogP contribution in [0.4, 0.5) is 0 Å². The van der Waals surface area contributed by atoms with E-state index in [1.165, 1.54) is 0 Å². The molecule has 0 bridgehead atoms. The number of nitrogens with one attached hydrogen (secondary N) is 1. The number of carboxylic acid groups (broad SMARTS) is 1. The third kappa shape index (κ3) is 2.98. The Balaban J connectivity index is 2.91. The molecule has 16 heavy (non-hydrogen) atoms. The van der Waals surface area contributed by atoms with Gasteiger partial charge in [0.25, 0.3) is 10.0 Å². The van der Waals surface area contributed by atoms with Gasteiger partial charge in [0.05, 0.1) is 17.8 Å². The number of carbonyl (C=O) groups is 1. The molecule has 9 heteroatoms. The summed E-state index contributed by atoms with van der Waals surface area (Å²) in [5.74, 6) is -1.44. The molecule has 1 unspecified atom stereocenters. The van der Waals surface area contributed by atoms with Crippen LogP contribution in [0.5, 0.6) is 0 Å². The monoisotopic (exact) mass is 266 g/mol. The Bertz CT molecular complexity index is 481. The largest absolute Gasteiger partial charge is 0.480 e. The van der Waals surface area contributed by atoms with Gasteiger partial charge in [-0.15, -0.1) is 11.3 Å². The van der Waals surface area contributed by atoms with Gasteiger partial charge in [-0.2, -0.15) is 4.72 Å². The molecule has 0 aliphatic carbocycles. The van der Waals surface area contributed by atoms with Gasteiger partial charge < -0.3 is 10.2 Å². The maximum absolute atomic E-state index is 11.6. The van der Waals surface area contributed by atoms with Crippen LogP contribution in [0.2, 0.25) is 0 Å². The lowest BCUT2D eigenvalue weighted by molar-refractivity contribution is -0.139. The van der Waals surface area contributed by atoms with Crippen LogP contribution in [-0.4, -0.2) is 42.2 Å². The Morgan fingerprint density at radius 3 is 2.69 bits per heavy atom. The molecule has 3 N–H and O–H groups in total. The highest BCUT2D eigenvalue weighted by atomic mass is 32.2. The van der Waals surface area contributed by atoms with Gasteiger partial charge in [0, 0.05) is 0 Å². The SMILES string of the molecule is Cc1ncc(S(=O)(=O)NC(CO)C(=O)O)s1. The summed E-state index contributed by atoms with van der Waals surface area (Å²) in [6.07, 6.45) is 1.14. The Morgan fingerprint density at radius 2 is 2.31 bits per heavy atom. The van der Waals surface area contributed by atoms with Gasteiger partial charge in [-0.25, -0.2) is 13.4 Å². The Kier molecular flexibility index (Phi) is 3.97. The molecule has 0 saturated carbocycles. The molecule has 7 nitrogen and oxygen atoms in total. The van der Waals surface area contributed by atoms with E-state index in [4.69, 9.17) is 10.2 Å². The van der Waals surface area contributed by atoms with Gasteiger partial charge >= 0.3 is 5.97 Å². The Labute approximate surface area is 95.8 Å². The number of sulfonamides is 1. The van der Waals surface area contributed by atoms with Crippen molar-refractivity contribution in [2.75, 3.05) is 6.61 Å². The van der Waals surface area contributed by atoms with E-state index in [1.807, 2.05) is 4.72 Å². The number of aryl methyl sites for hydroxylation is 1. The van der Waals surface area contributed by atoms with Gasteiger partial charge in [-0.05, 0) is 6.92 Å². The van der Waals surface area contributed by atoms with Crippen LogP contribution in [0.15, 0.2) is 10.4 Å². The number of hydrogen-bond donors (Lipinski definition) is 3. The number of hydrogen-bond acceptors (Lipinski definition) is 6. The maximum Gasteiger partial charge on any atom is 0.324 e. The zero-order valence-electron chi connectivity index (χ0n) is 8.24. The van der Waals surface area contributed by atoms with Gasteiger partial charge in [0.1, 0.15) is 6.04 Å². The van der Waals surface area contributed by atoms with Crippen molar-refractivity contribution in [3.63, 3.8) is 0 Å². The third-order valence-electron chi connectivity index (χ3n) is 1.64. The minimum Gasteiger partial charge on any atom is -0.480 e. The van der Waals surface area contributed by atoms with Gasteiger partial charge in [0.15, 0.2) is 4.21 Å². The van der Waals surface area contributed by atoms with Crippen LogP contribution in [0, 0.1) is 6.92 Å². The summed E-state index contributed by atoms with van der Waals surface area (Å²) in [7, 11) is -3.93. The van der Waals surface area contributed by atoms with Crippen LogP contribution >= 0.6 is 11.3 Å². The predicted octanol–water partition coefficient (Wildman–Crippen LogP) is -0.825. The van der Waals surface area contributed by atoms with E-state index < -0.39 is 28.6 Å². The third-order valence-corrected chi connectivity index (χ3v) is 4.49. The molecule has 0 aliphatic heterocycles. The van der Waals surface area contributed by atoms with Crippen molar-refractivity contribution >= 4 is 27.3 Å². The summed E-state index contributed by atoms with van der Waals surface area (Å²) >= 11 is 0.923. The fraction of sp³-hybridized carbons (Fsp3) is 0.429. The molecule has 1 atom stereocenters. The van der Waals surface area contributed by atoms with Crippen molar-refractivity contribution in [1.82, 2.24) is 9.71 Å². The van der Waals surface area contributed by atoms with Crippen molar-refractivity contribution in [3.05, 3.63) is 11.2 Å². The van der Waals surface area contributed by atoms with Crippen molar-refractivity contribution < 1.29 is 23.4 Å². The first kappa shape index (κ1) is 13.0. The number of rotatable bonds is 5. The molecular formula is C7H10N2O5S2. The first-order valence-electron chi connectivity index (χ1n) is 4.15. The topological polar surface area (TPSA) is 117 Å². The fourth-order valence-corrected chi connectivity index (χ4v) is 3.18. The second-order valence-electron chi connectivity index (χ2n) is 2.89. The highest BCUT2D eigenvalue weighted by Gasteiger charge is 2.25. The smallest absolute Gasteiger partial charge is 0.324 e. The molecule has 90 valence electrons. The molecule has 0 fully saturated rings. The maximum atomic E-state index is 11.6. The highest BCUT2D eigenvalue weighted by molar-refractivity contribution is 7.91. The first-order valence-corrected chi connectivity index (χ1v) is 6.45. The fourth-order valence-electron chi connectivity index (χ4n) is 0.877. The summed E-state index contributed by atoms with van der Waals surface area (Å²) in [6.45, 7) is 0.816. The number of aliphatic hydroxyl groups excluding tert-OH is 1. The number of nitrogens with zero attached hydrogens (tertiary/aromatic N) is 1. The zero-order valence-corrected chi connectivity index (χ0v) is 9.88. The lowest BCUT2D eigenvalue weighted by atomic mass is 10.3. The average Bonchev–Trinajstić information content (AvgIpc) is 2.61. The minimum atomic E-state index is -3.93. The van der Waals surface area contributed by atoms with E-state index in [9.17, 15) is 13.2 Å². The van der Waals surface area contributed by atoms with E-state index in [-0.39, 0.29) is 4.21 Å². The molecule has 0 aliphatic rings. The number of thiazole rings is 1. The molecule has 0 spiro atoms. The molecule has 1 aromatic rings. The van der Waals surface area contributed by atoms with Crippen LogP contribution in [0.1, 0.15) is 5.01 Å². The predicted molar refractivity (Wildman–Crippen MR) is 55.7 cm³/mol. The summed E-state index contributed by atoms with van der Waals surface area (Å²) in [5, 5.41) is 17.8. The number of aliphatic carboxylic acids is 1. The van der Waals surface area contributed by atoms with Gasteiger partial charge in [-0.1, -0.05) is 0 Å². The van der Waals surface area contributed by atoms with Crippen molar-refractivity contribution in [2.45, 2.75) is 17.2 Å². The number of aromatic nitrogens is 1. The average molecular weight is 266 g/mol. The van der Waals surface area contributed by atoms with Crippen LogP contribution in [0.3, 0.4) is 0 Å². The molecule has 1 aromatic heterocycles. The van der Waals surface area contributed by atoms with Crippen molar-refractivity contribution in [2.24, 2.45) is 0 Å². The van der Waals surface area contributed by atoms with E-state index >= 15 is 0 Å². The van der Waals surface area contributed by atoms with Crippen LogP contribution in [0.25, 0.3) is 0 Å². The van der Waals surface area contributed by atoms with Crippen LogP contribution < -0.4 is 4.72 Å². The summed E-state index contributed by atoms with van der Waals surface area (Å²) in [6, 6.07) is -1.55. The minimum absolute atomic E-state index is 0.0790. The Hall–Kier alpha value is -1.03. The molecule has 1 rings (SSSR count). The van der Waals surface area contributed by atoms with E-state index in [1.54, 1.807) is 6.92 Å². The van der Waals surface area contributed by atoms with Gasteiger partial charge in [0.2, 0.25) is 0 Å². The summed E-state index contributed by atoms with van der Waals surface area (Å²) in [5.41, 5.74) is 0. The molecule has 0 saturated heterocycles. The van der Waals surface area contributed by atoms with E-state index in [0.29, 0.717) is 5.01 Å². The molecule has 0 radical (unpaired) electrons. The number of aliphatic hydroxyl groups is 1. The molecule has 0 aromatic carbocycles. The van der Waals surface area contributed by atoms with Gasteiger partial charge in [-0.3, -0.25) is 4.79 Å². The lowest BCUT2D eigenvalue weighted by Crippen LogP contribution is -2.42. The van der Waals surface area contributed by atoms with E-state index in [0.717, 1.165) is 17.5 Å². The van der Waals surface area contributed by atoms with Crippen molar-refractivity contribution in [3.8, 4) is 0 Å². The zero-order chi connectivity index (χ0) is 12.3. The summed E-state index contributed by atoms with van der Waals surface area (Å²) < 4.78 is 25.0. The number of carboxylic acids is 1. The summed E-state index contributed by atoms with van der Waals surface area (Å²) in [4.78, 5) is 14.3. The second kappa shape index (κ2) is 4.87. The second-order valence-corrected chi connectivity index (χ2v) is 6.07. The Morgan fingerprint density at radius 1 is 1.69 bits per heavy atom. The van der Waals surface area contributed by atoms with Crippen LogP contribution in [-0.2, 0) is 14.8 Å². The normalized spacial score (nSPS) is 13.6. The first-order chi connectivity index (χ1) is 7.36. The molecule has 0 amide bonds. The lowest BCUT2D eigenvalue weighted by Gasteiger charge is -2.10. The molecular weight excluding hydrogens is 256 g/mol. The molecule has 1 heterocycles. The highest BCUT2D eigenvalue weighted by Crippen LogP contribution is 2.17. The van der Waals surface area contributed by atoms with E-state index in [2.05, 4.69) is 4.98 Å². The van der Waals surface area contributed by atoms with Crippen molar-refractivity contribution in [1.29, 1.82) is 0 Å².